The number of aromatic nitrogens is 1. The molecular formula is C24H17ClN2O4S. The van der Waals surface area contributed by atoms with Gasteiger partial charge in [-0.05, 0) is 30.3 Å². The quantitative estimate of drug-likeness (QED) is 0.322. The molecule has 0 saturated carbocycles. The van der Waals surface area contributed by atoms with E-state index in [0.29, 0.717) is 26.5 Å². The fourth-order valence-electron chi connectivity index (χ4n) is 3.15. The van der Waals surface area contributed by atoms with E-state index in [9.17, 15) is 14.4 Å². The number of benzene rings is 3. The first-order chi connectivity index (χ1) is 15.5. The second kappa shape index (κ2) is 9.30. The minimum absolute atomic E-state index is 0.0885. The van der Waals surface area contributed by atoms with Crippen LogP contribution in [0.2, 0.25) is 5.02 Å². The van der Waals surface area contributed by atoms with E-state index in [-0.39, 0.29) is 12.3 Å². The van der Waals surface area contributed by atoms with Gasteiger partial charge in [0.2, 0.25) is 0 Å². The molecule has 0 fully saturated rings. The highest BCUT2D eigenvalue weighted by Gasteiger charge is 2.14. The van der Waals surface area contributed by atoms with Crippen LogP contribution < -0.4 is 4.80 Å². The monoisotopic (exact) mass is 464 g/mol. The lowest BCUT2D eigenvalue weighted by molar-refractivity contribution is -0.141. The van der Waals surface area contributed by atoms with Crippen LogP contribution in [-0.2, 0) is 16.1 Å². The molecule has 0 radical (unpaired) electrons. The van der Waals surface area contributed by atoms with E-state index in [1.807, 2.05) is 6.07 Å². The van der Waals surface area contributed by atoms with Crippen molar-refractivity contribution < 1.29 is 19.1 Å². The van der Waals surface area contributed by atoms with Crippen molar-refractivity contribution in [2.24, 2.45) is 4.99 Å². The van der Waals surface area contributed by atoms with Gasteiger partial charge in [-0.2, -0.15) is 4.99 Å². The Morgan fingerprint density at radius 3 is 2.28 bits per heavy atom. The second-order valence-corrected chi connectivity index (χ2v) is 8.29. The smallest absolute Gasteiger partial charge is 0.325 e. The second-order valence-electron chi connectivity index (χ2n) is 6.85. The largest absolute Gasteiger partial charge is 0.468 e. The van der Waals surface area contributed by atoms with Crippen LogP contribution in [-0.4, -0.2) is 29.3 Å². The summed E-state index contributed by atoms with van der Waals surface area (Å²) in [4.78, 5) is 41.8. The van der Waals surface area contributed by atoms with Crippen molar-refractivity contribution in [3.8, 4) is 0 Å². The van der Waals surface area contributed by atoms with Crippen LogP contribution >= 0.6 is 22.9 Å². The Morgan fingerprint density at radius 2 is 1.59 bits per heavy atom. The van der Waals surface area contributed by atoms with Gasteiger partial charge in [0, 0.05) is 21.7 Å². The summed E-state index contributed by atoms with van der Waals surface area (Å²) in [6, 6.07) is 20.5. The van der Waals surface area contributed by atoms with Gasteiger partial charge < -0.3 is 9.30 Å². The summed E-state index contributed by atoms with van der Waals surface area (Å²) in [6.07, 6.45) is 0. The first kappa shape index (κ1) is 21.7. The molecule has 0 atom stereocenters. The number of carbonyl (C=O) groups excluding carboxylic acids is 3. The SMILES string of the molecule is COC(=O)Cn1c(=NC(=O)c2ccc(C(=O)c3ccccc3)cc2)sc2cc(Cl)ccc21. The Kier molecular flexibility index (Phi) is 6.30. The molecule has 6 nitrogen and oxygen atoms in total. The highest BCUT2D eigenvalue weighted by molar-refractivity contribution is 7.16. The summed E-state index contributed by atoms with van der Waals surface area (Å²) in [5, 5.41) is 0.542. The van der Waals surface area contributed by atoms with Gasteiger partial charge in [-0.15, -0.1) is 0 Å². The van der Waals surface area contributed by atoms with Crippen LogP contribution in [0.25, 0.3) is 10.2 Å². The lowest BCUT2D eigenvalue weighted by atomic mass is 10.0. The van der Waals surface area contributed by atoms with E-state index < -0.39 is 11.9 Å². The Labute approximate surface area is 192 Å². The molecule has 160 valence electrons. The van der Waals surface area contributed by atoms with Crippen molar-refractivity contribution in [1.82, 2.24) is 4.57 Å². The molecule has 1 heterocycles. The number of methoxy groups -OCH3 is 1. The van der Waals surface area contributed by atoms with Crippen molar-refractivity contribution in [3.63, 3.8) is 0 Å². The molecular weight excluding hydrogens is 448 g/mol. The number of hydrogen-bond donors (Lipinski definition) is 0. The first-order valence-electron chi connectivity index (χ1n) is 9.61. The Bertz CT molecular complexity index is 1390. The fraction of sp³-hybridized carbons (Fsp3) is 0.0833. The number of carbonyl (C=O) groups is 3. The Morgan fingerprint density at radius 1 is 0.938 bits per heavy atom. The van der Waals surface area contributed by atoms with Crippen molar-refractivity contribution >= 4 is 50.8 Å². The summed E-state index contributed by atoms with van der Waals surface area (Å²) in [7, 11) is 1.30. The topological polar surface area (TPSA) is 77.7 Å². The molecule has 4 aromatic rings. The van der Waals surface area contributed by atoms with Crippen LogP contribution in [0.3, 0.4) is 0 Å². The molecule has 0 aliphatic carbocycles. The summed E-state index contributed by atoms with van der Waals surface area (Å²) < 4.78 is 7.18. The molecule has 0 aliphatic rings. The molecule has 3 aromatic carbocycles. The first-order valence-corrected chi connectivity index (χ1v) is 10.8. The predicted octanol–water partition coefficient (Wildman–Crippen LogP) is 4.50. The number of halogens is 1. The number of fused-ring (bicyclic) bond motifs is 1. The normalized spacial score (nSPS) is 11.5. The number of ether oxygens (including phenoxy) is 1. The number of esters is 1. The summed E-state index contributed by atoms with van der Waals surface area (Å²) in [6.45, 7) is -0.0885. The van der Waals surface area contributed by atoms with E-state index in [1.54, 1.807) is 71.3 Å². The van der Waals surface area contributed by atoms with Crippen LogP contribution in [0.5, 0.6) is 0 Å². The van der Waals surface area contributed by atoms with Gasteiger partial charge in [0.05, 0.1) is 17.3 Å². The lowest BCUT2D eigenvalue weighted by Crippen LogP contribution is -2.22. The van der Waals surface area contributed by atoms with Crippen LogP contribution in [0.15, 0.2) is 77.8 Å². The summed E-state index contributed by atoms with van der Waals surface area (Å²) in [5.41, 5.74) is 2.10. The molecule has 0 N–H and O–H groups in total. The van der Waals surface area contributed by atoms with Gasteiger partial charge in [-0.3, -0.25) is 14.4 Å². The third-order valence-electron chi connectivity index (χ3n) is 4.79. The molecule has 0 aliphatic heterocycles. The fourth-order valence-corrected chi connectivity index (χ4v) is 4.45. The summed E-state index contributed by atoms with van der Waals surface area (Å²) in [5.74, 6) is -1.07. The maximum atomic E-state index is 12.8. The van der Waals surface area contributed by atoms with Gasteiger partial charge in [0.1, 0.15) is 6.54 Å². The van der Waals surface area contributed by atoms with Crippen LogP contribution in [0, 0.1) is 0 Å². The predicted molar refractivity (Wildman–Crippen MR) is 123 cm³/mol. The van der Waals surface area contributed by atoms with Gasteiger partial charge in [-0.1, -0.05) is 65.4 Å². The van der Waals surface area contributed by atoms with E-state index in [0.717, 1.165) is 10.2 Å². The van der Waals surface area contributed by atoms with Gasteiger partial charge in [0.15, 0.2) is 10.6 Å². The highest BCUT2D eigenvalue weighted by atomic mass is 35.5. The maximum absolute atomic E-state index is 12.8. The third kappa shape index (κ3) is 4.54. The average Bonchev–Trinajstić information content (AvgIpc) is 3.14. The third-order valence-corrected chi connectivity index (χ3v) is 6.06. The summed E-state index contributed by atoms with van der Waals surface area (Å²) >= 11 is 7.33. The minimum Gasteiger partial charge on any atom is -0.468 e. The molecule has 4 rings (SSSR count). The molecule has 1 amide bonds. The van der Waals surface area contributed by atoms with Gasteiger partial charge in [0.25, 0.3) is 5.91 Å². The molecule has 0 saturated heterocycles. The number of ketones is 1. The number of rotatable bonds is 5. The zero-order chi connectivity index (χ0) is 22.7. The van der Waals surface area contributed by atoms with E-state index in [1.165, 1.54) is 18.4 Å². The van der Waals surface area contributed by atoms with Gasteiger partial charge >= 0.3 is 5.97 Å². The highest BCUT2D eigenvalue weighted by Crippen LogP contribution is 2.22. The van der Waals surface area contributed by atoms with Crippen LogP contribution in [0.4, 0.5) is 0 Å². The van der Waals surface area contributed by atoms with Crippen LogP contribution in [0.1, 0.15) is 26.3 Å². The number of hydrogen-bond acceptors (Lipinski definition) is 5. The number of thiazole rings is 1. The molecule has 0 spiro atoms. The Hall–Kier alpha value is -3.55. The van der Waals surface area contributed by atoms with Crippen molar-refractivity contribution in [3.05, 3.63) is 99.3 Å². The number of amides is 1. The Balaban J connectivity index is 1.68. The molecule has 32 heavy (non-hydrogen) atoms. The molecule has 8 heteroatoms. The zero-order valence-electron chi connectivity index (χ0n) is 16.9. The molecule has 0 unspecified atom stereocenters. The minimum atomic E-state index is -0.486. The van der Waals surface area contributed by atoms with E-state index >= 15 is 0 Å². The van der Waals surface area contributed by atoms with Crippen molar-refractivity contribution in [2.75, 3.05) is 7.11 Å². The lowest BCUT2D eigenvalue weighted by Gasteiger charge is -2.04. The maximum Gasteiger partial charge on any atom is 0.325 e. The van der Waals surface area contributed by atoms with Gasteiger partial charge in [-0.25, -0.2) is 0 Å². The van der Waals surface area contributed by atoms with E-state index in [2.05, 4.69) is 4.99 Å². The number of nitrogens with zero attached hydrogens (tertiary/aromatic N) is 2. The van der Waals surface area contributed by atoms with Crippen molar-refractivity contribution in [2.45, 2.75) is 6.54 Å². The zero-order valence-corrected chi connectivity index (χ0v) is 18.5. The molecule has 1 aromatic heterocycles. The standard InChI is InChI=1S/C24H17ClN2O4S/c1-31-21(28)14-27-19-12-11-18(25)13-20(19)32-24(27)26-23(30)17-9-7-16(8-10-17)22(29)15-5-3-2-4-6-15/h2-13H,14H2,1H3. The van der Waals surface area contributed by atoms with Crippen molar-refractivity contribution in [1.29, 1.82) is 0 Å². The average molecular weight is 465 g/mol. The molecule has 0 bridgehead atoms. The van der Waals surface area contributed by atoms with E-state index in [4.69, 9.17) is 16.3 Å².